The van der Waals surface area contributed by atoms with Gasteiger partial charge in [-0.3, -0.25) is 4.79 Å². The molecule has 0 saturated carbocycles. The monoisotopic (exact) mass is 189 g/mol. The summed E-state index contributed by atoms with van der Waals surface area (Å²) in [5.74, 6) is 0.279. The summed E-state index contributed by atoms with van der Waals surface area (Å²) in [5.41, 5.74) is 8.10. The Hall–Kier alpha value is -1.77. The minimum absolute atomic E-state index is 0.0833. The van der Waals surface area contributed by atoms with Crippen molar-refractivity contribution in [3.05, 3.63) is 29.5 Å². The van der Waals surface area contributed by atoms with E-state index < -0.39 is 0 Å². The molecular formula is C11H11NO2. The third-order valence-corrected chi connectivity index (χ3v) is 2.26. The Morgan fingerprint density at radius 1 is 1.43 bits per heavy atom. The van der Waals surface area contributed by atoms with Gasteiger partial charge in [-0.05, 0) is 24.6 Å². The first-order valence-electron chi connectivity index (χ1n) is 4.39. The molecule has 0 saturated heterocycles. The molecule has 14 heavy (non-hydrogen) atoms. The van der Waals surface area contributed by atoms with E-state index in [0.717, 1.165) is 10.9 Å². The zero-order chi connectivity index (χ0) is 10.3. The lowest BCUT2D eigenvalue weighted by Crippen LogP contribution is -1.86. The van der Waals surface area contributed by atoms with E-state index in [1.165, 1.54) is 6.92 Å². The van der Waals surface area contributed by atoms with Crippen molar-refractivity contribution >= 4 is 22.4 Å². The van der Waals surface area contributed by atoms with Gasteiger partial charge in [-0.1, -0.05) is 6.07 Å². The van der Waals surface area contributed by atoms with Crippen LogP contribution in [0.25, 0.3) is 11.0 Å². The Kier molecular flexibility index (Phi) is 1.81. The Morgan fingerprint density at radius 3 is 2.71 bits per heavy atom. The molecule has 0 spiro atoms. The molecular weight excluding hydrogens is 178 g/mol. The van der Waals surface area contributed by atoms with E-state index in [0.29, 0.717) is 17.0 Å². The second-order valence-corrected chi connectivity index (χ2v) is 3.38. The first-order valence-corrected chi connectivity index (χ1v) is 4.39. The molecule has 0 bridgehead atoms. The maximum absolute atomic E-state index is 11.1. The van der Waals surface area contributed by atoms with E-state index in [-0.39, 0.29) is 5.78 Å². The molecule has 72 valence electrons. The van der Waals surface area contributed by atoms with Crippen molar-refractivity contribution in [1.82, 2.24) is 0 Å². The number of carbonyl (C=O) groups is 1. The molecule has 0 unspecified atom stereocenters. The van der Waals surface area contributed by atoms with Crippen LogP contribution in [-0.4, -0.2) is 5.78 Å². The molecule has 0 fully saturated rings. The van der Waals surface area contributed by atoms with Gasteiger partial charge in [0.25, 0.3) is 0 Å². The summed E-state index contributed by atoms with van der Waals surface area (Å²) >= 11 is 0. The van der Waals surface area contributed by atoms with E-state index in [1.54, 1.807) is 6.07 Å². The highest BCUT2D eigenvalue weighted by Crippen LogP contribution is 2.27. The molecule has 0 aliphatic carbocycles. The average molecular weight is 189 g/mol. The zero-order valence-corrected chi connectivity index (χ0v) is 8.13. The van der Waals surface area contributed by atoms with Crippen LogP contribution in [0.2, 0.25) is 0 Å². The van der Waals surface area contributed by atoms with Crippen LogP contribution in [0.5, 0.6) is 0 Å². The second kappa shape index (κ2) is 2.87. The van der Waals surface area contributed by atoms with Crippen LogP contribution in [0, 0.1) is 6.92 Å². The van der Waals surface area contributed by atoms with Gasteiger partial charge in [0.1, 0.15) is 5.58 Å². The Labute approximate surface area is 81.5 Å². The molecule has 1 heterocycles. The summed E-state index contributed by atoms with van der Waals surface area (Å²) in [6, 6.07) is 5.39. The van der Waals surface area contributed by atoms with E-state index in [4.69, 9.17) is 10.2 Å². The molecule has 0 aliphatic rings. The predicted molar refractivity (Wildman–Crippen MR) is 55.4 cm³/mol. The molecule has 0 atom stereocenters. The number of aryl methyl sites for hydroxylation is 1. The lowest BCUT2D eigenvalue weighted by atomic mass is 10.1. The van der Waals surface area contributed by atoms with Gasteiger partial charge >= 0.3 is 0 Å². The molecule has 2 rings (SSSR count). The molecule has 1 aromatic heterocycles. The fourth-order valence-corrected chi connectivity index (χ4v) is 1.45. The van der Waals surface area contributed by atoms with Gasteiger partial charge in [-0.25, -0.2) is 0 Å². The van der Waals surface area contributed by atoms with Crippen molar-refractivity contribution in [2.45, 2.75) is 13.8 Å². The highest BCUT2D eigenvalue weighted by atomic mass is 16.3. The number of rotatable bonds is 1. The van der Waals surface area contributed by atoms with Gasteiger partial charge in [0.15, 0.2) is 11.5 Å². The van der Waals surface area contributed by atoms with Crippen molar-refractivity contribution in [1.29, 1.82) is 0 Å². The number of anilines is 1. The lowest BCUT2D eigenvalue weighted by Gasteiger charge is -1.96. The number of nitrogens with two attached hydrogens (primary N) is 1. The minimum atomic E-state index is -0.0833. The fraction of sp³-hybridized carbons (Fsp3) is 0.182. The SMILES string of the molecule is CC(=O)c1cc2c(N)ccc(C)c2o1. The average Bonchev–Trinajstić information content (AvgIpc) is 2.57. The number of carbonyl (C=O) groups excluding carboxylic acids is 1. The maximum atomic E-state index is 11.1. The number of furan rings is 1. The Morgan fingerprint density at radius 2 is 2.14 bits per heavy atom. The smallest absolute Gasteiger partial charge is 0.194 e. The highest BCUT2D eigenvalue weighted by Gasteiger charge is 2.11. The quantitative estimate of drug-likeness (QED) is 0.554. The Bertz CT molecular complexity index is 472. The normalized spacial score (nSPS) is 10.7. The van der Waals surface area contributed by atoms with E-state index in [1.807, 2.05) is 19.1 Å². The van der Waals surface area contributed by atoms with Crippen LogP contribution in [0.15, 0.2) is 22.6 Å². The van der Waals surface area contributed by atoms with E-state index in [2.05, 4.69) is 0 Å². The number of hydrogen-bond acceptors (Lipinski definition) is 3. The number of benzene rings is 1. The number of nitrogen functional groups attached to an aromatic ring is 1. The molecule has 1 aromatic carbocycles. The number of Topliss-reactive ketones (excluding diaryl/α,β-unsaturated/α-hetero) is 1. The molecule has 0 aliphatic heterocycles. The van der Waals surface area contributed by atoms with Crippen LogP contribution in [0.3, 0.4) is 0 Å². The molecule has 3 heteroatoms. The number of fused-ring (bicyclic) bond motifs is 1. The lowest BCUT2D eigenvalue weighted by molar-refractivity contribution is 0.0989. The topological polar surface area (TPSA) is 56.2 Å². The highest BCUT2D eigenvalue weighted by molar-refractivity contribution is 6.00. The molecule has 3 nitrogen and oxygen atoms in total. The first kappa shape index (κ1) is 8.81. The van der Waals surface area contributed by atoms with Crippen LogP contribution >= 0.6 is 0 Å². The van der Waals surface area contributed by atoms with E-state index >= 15 is 0 Å². The first-order chi connectivity index (χ1) is 6.59. The van der Waals surface area contributed by atoms with Gasteiger partial charge in [0.05, 0.1) is 0 Å². The van der Waals surface area contributed by atoms with Gasteiger partial charge in [0.2, 0.25) is 0 Å². The predicted octanol–water partition coefficient (Wildman–Crippen LogP) is 2.53. The summed E-state index contributed by atoms with van der Waals surface area (Å²) in [5, 5.41) is 0.815. The molecule has 0 amide bonds. The van der Waals surface area contributed by atoms with Crippen LogP contribution in [-0.2, 0) is 0 Å². The standard InChI is InChI=1S/C11H11NO2/c1-6-3-4-9(12)8-5-10(7(2)13)14-11(6)8/h3-5H,12H2,1-2H3. The van der Waals surface area contributed by atoms with Gasteiger partial charge in [-0.2, -0.15) is 0 Å². The van der Waals surface area contributed by atoms with Gasteiger partial charge < -0.3 is 10.2 Å². The van der Waals surface area contributed by atoms with Crippen molar-refractivity contribution < 1.29 is 9.21 Å². The summed E-state index contributed by atoms with van der Waals surface area (Å²) in [4.78, 5) is 11.1. The summed E-state index contributed by atoms with van der Waals surface area (Å²) in [6.45, 7) is 3.40. The minimum Gasteiger partial charge on any atom is -0.453 e. The summed E-state index contributed by atoms with van der Waals surface area (Å²) in [6.07, 6.45) is 0. The number of ketones is 1. The second-order valence-electron chi connectivity index (χ2n) is 3.38. The largest absolute Gasteiger partial charge is 0.453 e. The maximum Gasteiger partial charge on any atom is 0.194 e. The molecule has 2 aromatic rings. The Balaban J connectivity index is 2.82. The van der Waals surface area contributed by atoms with Crippen LogP contribution in [0.1, 0.15) is 23.0 Å². The van der Waals surface area contributed by atoms with Gasteiger partial charge in [0, 0.05) is 18.0 Å². The molecule has 2 N–H and O–H groups in total. The summed E-state index contributed by atoms with van der Waals surface area (Å²) < 4.78 is 5.41. The van der Waals surface area contributed by atoms with Crippen molar-refractivity contribution in [3.63, 3.8) is 0 Å². The third kappa shape index (κ3) is 1.18. The van der Waals surface area contributed by atoms with Crippen molar-refractivity contribution in [2.75, 3.05) is 5.73 Å². The third-order valence-electron chi connectivity index (χ3n) is 2.26. The van der Waals surface area contributed by atoms with Gasteiger partial charge in [-0.15, -0.1) is 0 Å². The molecule has 0 radical (unpaired) electrons. The number of hydrogen-bond donors (Lipinski definition) is 1. The van der Waals surface area contributed by atoms with E-state index in [9.17, 15) is 4.79 Å². The van der Waals surface area contributed by atoms with Crippen LogP contribution < -0.4 is 5.73 Å². The summed E-state index contributed by atoms with van der Waals surface area (Å²) in [7, 11) is 0. The zero-order valence-electron chi connectivity index (χ0n) is 8.13. The fourth-order valence-electron chi connectivity index (χ4n) is 1.45. The van der Waals surface area contributed by atoms with Crippen LogP contribution in [0.4, 0.5) is 5.69 Å². The van der Waals surface area contributed by atoms with Crippen molar-refractivity contribution in [3.8, 4) is 0 Å². The van der Waals surface area contributed by atoms with Crippen molar-refractivity contribution in [2.24, 2.45) is 0 Å².